The van der Waals surface area contributed by atoms with Crippen molar-refractivity contribution in [2.75, 3.05) is 12.4 Å². The molecule has 6 nitrogen and oxygen atoms in total. The highest BCUT2D eigenvalue weighted by molar-refractivity contribution is 5.96. The maximum atomic E-state index is 13.3. The summed E-state index contributed by atoms with van der Waals surface area (Å²) in [4.78, 5) is 23.2. The number of aromatic amines is 1. The molecular weight excluding hydrogens is 371 g/mol. The zero-order chi connectivity index (χ0) is 20.4. The van der Waals surface area contributed by atoms with Gasteiger partial charge in [-0.05, 0) is 48.4 Å². The number of pyridine rings is 1. The van der Waals surface area contributed by atoms with Gasteiger partial charge >= 0.3 is 0 Å². The highest BCUT2D eigenvalue weighted by atomic mass is 19.1. The van der Waals surface area contributed by atoms with Crippen molar-refractivity contribution in [3.63, 3.8) is 0 Å². The molecule has 0 saturated heterocycles. The van der Waals surface area contributed by atoms with E-state index in [2.05, 4.69) is 20.3 Å². The number of halogens is 1. The first-order valence-electron chi connectivity index (χ1n) is 9.09. The number of anilines is 1. The summed E-state index contributed by atoms with van der Waals surface area (Å²) in [7, 11) is 1.58. The highest BCUT2D eigenvalue weighted by Crippen LogP contribution is 2.34. The average Bonchev–Trinajstić information content (AvgIpc) is 2.74. The molecule has 1 unspecified atom stereocenters. The molecule has 0 radical (unpaired) electrons. The van der Waals surface area contributed by atoms with Gasteiger partial charge < -0.3 is 15.0 Å². The monoisotopic (exact) mass is 390 g/mol. The van der Waals surface area contributed by atoms with E-state index in [0.717, 1.165) is 22.2 Å². The molecule has 4 rings (SSSR count). The molecule has 0 saturated carbocycles. The third kappa shape index (κ3) is 3.80. The SMILES string of the molecule is COc1cc(-c2ccc(F)cc2)cc2c(NC(C)c3cccc(=O)[nH]3)ncnc12. The molecule has 0 fully saturated rings. The van der Waals surface area contributed by atoms with Crippen LogP contribution in [-0.4, -0.2) is 22.1 Å². The van der Waals surface area contributed by atoms with Gasteiger partial charge in [0.25, 0.3) is 0 Å². The fourth-order valence-corrected chi connectivity index (χ4v) is 3.22. The molecule has 146 valence electrons. The number of nitrogens with one attached hydrogen (secondary N) is 2. The van der Waals surface area contributed by atoms with Crippen LogP contribution in [0.5, 0.6) is 5.75 Å². The van der Waals surface area contributed by atoms with Crippen molar-refractivity contribution in [1.82, 2.24) is 15.0 Å². The predicted molar refractivity (Wildman–Crippen MR) is 111 cm³/mol. The van der Waals surface area contributed by atoms with Gasteiger partial charge in [0.15, 0.2) is 0 Å². The van der Waals surface area contributed by atoms with E-state index >= 15 is 0 Å². The minimum absolute atomic E-state index is 0.163. The van der Waals surface area contributed by atoms with Crippen LogP contribution in [0.25, 0.3) is 22.0 Å². The van der Waals surface area contributed by atoms with Crippen LogP contribution in [-0.2, 0) is 0 Å². The van der Waals surface area contributed by atoms with E-state index in [1.54, 1.807) is 25.3 Å². The summed E-state index contributed by atoms with van der Waals surface area (Å²) >= 11 is 0. The van der Waals surface area contributed by atoms with Crippen LogP contribution in [0.2, 0.25) is 0 Å². The minimum atomic E-state index is -0.294. The molecule has 2 aromatic heterocycles. The Morgan fingerprint density at radius 2 is 1.86 bits per heavy atom. The number of rotatable bonds is 5. The predicted octanol–water partition coefficient (Wildman–Crippen LogP) is 4.31. The number of hydrogen-bond donors (Lipinski definition) is 2. The summed E-state index contributed by atoms with van der Waals surface area (Å²) in [6.45, 7) is 1.93. The van der Waals surface area contributed by atoms with Crippen molar-refractivity contribution in [3.8, 4) is 16.9 Å². The molecule has 2 N–H and O–H groups in total. The molecule has 2 heterocycles. The summed E-state index contributed by atoms with van der Waals surface area (Å²) in [6, 6.07) is 14.9. The standard InChI is InChI=1S/C22H19FN4O2/c1-13(18-4-3-5-20(28)27-18)26-22-17-10-15(14-6-8-16(23)9-7-14)11-19(29-2)21(17)24-12-25-22/h3-13H,1-2H3,(H,27,28)(H,24,25,26). The zero-order valence-corrected chi connectivity index (χ0v) is 15.9. The number of hydrogen-bond acceptors (Lipinski definition) is 5. The van der Waals surface area contributed by atoms with Crippen LogP contribution in [0.15, 0.2) is 65.7 Å². The third-order valence-electron chi connectivity index (χ3n) is 4.71. The average molecular weight is 390 g/mol. The van der Waals surface area contributed by atoms with Gasteiger partial charge in [-0.1, -0.05) is 18.2 Å². The molecule has 29 heavy (non-hydrogen) atoms. The summed E-state index contributed by atoms with van der Waals surface area (Å²) < 4.78 is 18.9. The minimum Gasteiger partial charge on any atom is -0.494 e. The smallest absolute Gasteiger partial charge is 0.248 e. The summed E-state index contributed by atoms with van der Waals surface area (Å²) in [6.07, 6.45) is 1.46. The van der Waals surface area contributed by atoms with E-state index in [1.807, 2.05) is 25.1 Å². The second-order valence-electron chi connectivity index (χ2n) is 6.64. The van der Waals surface area contributed by atoms with Crippen LogP contribution in [0.3, 0.4) is 0 Å². The molecule has 4 aromatic rings. The Morgan fingerprint density at radius 1 is 1.07 bits per heavy atom. The summed E-state index contributed by atoms with van der Waals surface area (Å²) in [5.41, 5.74) is 2.94. The van der Waals surface area contributed by atoms with E-state index in [4.69, 9.17) is 4.74 Å². The molecule has 0 spiro atoms. The van der Waals surface area contributed by atoms with Gasteiger partial charge in [0, 0.05) is 17.1 Å². The molecule has 2 aromatic carbocycles. The Labute approximate surface area is 166 Å². The van der Waals surface area contributed by atoms with Crippen molar-refractivity contribution >= 4 is 16.7 Å². The van der Waals surface area contributed by atoms with Crippen LogP contribution >= 0.6 is 0 Å². The normalized spacial score (nSPS) is 12.0. The summed E-state index contributed by atoms with van der Waals surface area (Å²) in [5.74, 6) is 0.903. The molecule has 0 aliphatic carbocycles. The maximum absolute atomic E-state index is 13.3. The van der Waals surface area contributed by atoms with E-state index in [9.17, 15) is 9.18 Å². The topological polar surface area (TPSA) is 79.9 Å². The number of H-pyrrole nitrogens is 1. The molecule has 1 atom stereocenters. The van der Waals surface area contributed by atoms with Gasteiger partial charge in [0.05, 0.1) is 13.2 Å². The number of nitrogens with zero attached hydrogens (tertiary/aromatic N) is 2. The first kappa shape index (κ1) is 18.6. The molecule has 0 aliphatic heterocycles. The Bertz CT molecular complexity index is 1220. The van der Waals surface area contributed by atoms with Crippen LogP contribution in [0.1, 0.15) is 18.7 Å². The largest absolute Gasteiger partial charge is 0.494 e. The van der Waals surface area contributed by atoms with E-state index in [0.29, 0.717) is 17.1 Å². The van der Waals surface area contributed by atoms with Crippen LogP contribution in [0, 0.1) is 5.82 Å². The van der Waals surface area contributed by atoms with Gasteiger partial charge in [0.2, 0.25) is 5.56 Å². The number of benzene rings is 2. The fraction of sp³-hybridized carbons (Fsp3) is 0.136. The van der Waals surface area contributed by atoms with Gasteiger partial charge in [-0.25, -0.2) is 14.4 Å². The van der Waals surface area contributed by atoms with Crippen molar-refractivity contribution in [3.05, 3.63) is 82.8 Å². The second-order valence-corrected chi connectivity index (χ2v) is 6.64. The fourth-order valence-electron chi connectivity index (χ4n) is 3.22. The van der Waals surface area contributed by atoms with Gasteiger partial charge in [-0.15, -0.1) is 0 Å². The first-order valence-corrected chi connectivity index (χ1v) is 9.09. The van der Waals surface area contributed by atoms with Crippen molar-refractivity contribution in [1.29, 1.82) is 0 Å². The van der Waals surface area contributed by atoms with E-state index in [-0.39, 0.29) is 17.4 Å². The van der Waals surface area contributed by atoms with Crippen LogP contribution < -0.4 is 15.6 Å². The molecule has 0 bridgehead atoms. The van der Waals surface area contributed by atoms with Gasteiger partial charge in [-0.3, -0.25) is 4.79 Å². The maximum Gasteiger partial charge on any atom is 0.248 e. The van der Waals surface area contributed by atoms with E-state index < -0.39 is 0 Å². The van der Waals surface area contributed by atoms with Crippen molar-refractivity contribution in [2.24, 2.45) is 0 Å². The third-order valence-corrected chi connectivity index (χ3v) is 4.71. The lowest BCUT2D eigenvalue weighted by atomic mass is 10.0. The number of fused-ring (bicyclic) bond motifs is 1. The Hall–Kier alpha value is -3.74. The highest BCUT2D eigenvalue weighted by Gasteiger charge is 2.14. The zero-order valence-electron chi connectivity index (χ0n) is 15.9. The molecule has 0 amide bonds. The summed E-state index contributed by atoms with van der Waals surface area (Å²) in [5, 5.41) is 4.09. The number of methoxy groups -OCH3 is 1. The number of aromatic nitrogens is 3. The number of ether oxygens (including phenoxy) is 1. The lowest BCUT2D eigenvalue weighted by molar-refractivity contribution is 0.419. The second kappa shape index (κ2) is 7.71. The quantitative estimate of drug-likeness (QED) is 0.531. The van der Waals surface area contributed by atoms with E-state index in [1.165, 1.54) is 24.5 Å². The lowest BCUT2D eigenvalue weighted by Crippen LogP contribution is -2.14. The van der Waals surface area contributed by atoms with Gasteiger partial charge in [0.1, 0.15) is 29.2 Å². The lowest BCUT2D eigenvalue weighted by Gasteiger charge is -2.17. The molecule has 0 aliphatic rings. The Balaban J connectivity index is 1.81. The van der Waals surface area contributed by atoms with Crippen LogP contribution in [0.4, 0.5) is 10.2 Å². The first-order chi connectivity index (χ1) is 14.0. The Kier molecular flexibility index (Phi) is 4.95. The van der Waals surface area contributed by atoms with Crippen molar-refractivity contribution in [2.45, 2.75) is 13.0 Å². The van der Waals surface area contributed by atoms with Crippen molar-refractivity contribution < 1.29 is 9.13 Å². The molecule has 7 heteroatoms. The van der Waals surface area contributed by atoms with Gasteiger partial charge in [-0.2, -0.15) is 0 Å². The Morgan fingerprint density at radius 3 is 2.59 bits per heavy atom. The molecular formula is C22H19FN4O2.